The molecule has 0 unspecified atom stereocenters. The predicted octanol–water partition coefficient (Wildman–Crippen LogP) is 3.08. The molecule has 0 spiro atoms. The molecular weight excluding hydrogens is 366 g/mol. The zero-order valence-corrected chi connectivity index (χ0v) is 16.2. The fraction of sp³-hybridized carbons (Fsp3) is 0.400. The highest BCUT2D eigenvalue weighted by atomic mass is 32.2. The van der Waals surface area contributed by atoms with Gasteiger partial charge in [0.25, 0.3) is 0 Å². The van der Waals surface area contributed by atoms with E-state index >= 15 is 0 Å². The maximum Gasteiger partial charge on any atom is 0.305 e. The number of aliphatic carboxylic acids is 1. The van der Waals surface area contributed by atoms with Gasteiger partial charge in [-0.2, -0.15) is 0 Å². The van der Waals surface area contributed by atoms with Crippen molar-refractivity contribution in [2.24, 2.45) is 0 Å². The second kappa shape index (κ2) is 9.50. The molecule has 0 aromatic heterocycles. The molecule has 6 nitrogen and oxygen atoms in total. The SMILES string of the molecule is CCCCCS(=O)(=O)CC(=O)N[C@@H](CC(=O)O)c1ccc2ccccc2c1. The number of hydrogen-bond acceptors (Lipinski definition) is 4. The number of hydrogen-bond donors (Lipinski definition) is 2. The third-order valence-electron chi connectivity index (χ3n) is 4.30. The number of amides is 1. The third-order valence-corrected chi connectivity index (χ3v) is 5.91. The summed E-state index contributed by atoms with van der Waals surface area (Å²) in [6.45, 7) is 1.97. The van der Waals surface area contributed by atoms with Crippen molar-refractivity contribution < 1.29 is 23.1 Å². The first-order valence-electron chi connectivity index (χ1n) is 9.01. The zero-order valence-electron chi connectivity index (χ0n) is 15.3. The Balaban J connectivity index is 2.13. The Morgan fingerprint density at radius 2 is 1.78 bits per heavy atom. The highest BCUT2D eigenvalue weighted by Crippen LogP contribution is 2.22. The van der Waals surface area contributed by atoms with Crippen LogP contribution in [0.2, 0.25) is 0 Å². The Morgan fingerprint density at radius 3 is 2.44 bits per heavy atom. The fourth-order valence-electron chi connectivity index (χ4n) is 2.93. The van der Waals surface area contributed by atoms with Crippen LogP contribution in [0, 0.1) is 0 Å². The summed E-state index contributed by atoms with van der Waals surface area (Å²) >= 11 is 0. The van der Waals surface area contributed by atoms with Crippen LogP contribution < -0.4 is 5.32 Å². The smallest absolute Gasteiger partial charge is 0.305 e. The molecule has 27 heavy (non-hydrogen) atoms. The largest absolute Gasteiger partial charge is 0.481 e. The van der Waals surface area contributed by atoms with Crippen molar-refractivity contribution in [2.45, 2.75) is 38.6 Å². The first kappa shape index (κ1) is 20.9. The van der Waals surface area contributed by atoms with Crippen molar-refractivity contribution in [1.29, 1.82) is 0 Å². The second-order valence-electron chi connectivity index (χ2n) is 6.62. The fourth-order valence-corrected chi connectivity index (χ4v) is 4.20. The van der Waals surface area contributed by atoms with E-state index in [1.165, 1.54) is 0 Å². The summed E-state index contributed by atoms with van der Waals surface area (Å²) in [7, 11) is -3.50. The average molecular weight is 391 g/mol. The highest BCUT2D eigenvalue weighted by Gasteiger charge is 2.22. The number of carbonyl (C=O) groups is 2. The van der Waals surface area contributed by atoms with Gasteiger partial charge in [-0.05, 0) is 28.8 Å². The number of rotatable bonds is 10. The molecule has 0 radical (unpaired) electrons. The van der Waals surface area contributed by atoms with E-state index in [4.69, 9.17) is 0 Å². The lowest BCUT2D eigenvalue weighted by molar-refractivity contribution is -0.137. The Hall–Kier alpha value is -2.41. The van der Waals surface area contributed by atoms with Crippen LogP contribution in [0.5, 0.6) is 0 Å². The average Bonchev–Trinajstić information content (AvgIpc) is 2.60. The van der Waals surface area contributed by atoms with E-state index in [1.54, 1.807) is 6.07 Å². The lowest BCUT2D eigenvalue weighted by Gasteiger charge is -2.18. The molecule has 0 bridgehead atoms. The predicted molar refractivity (Wildman–Crippen MR) is 105 cm³/mol. The van der Waals surface area contributed by atoms with Crippen molar-refractivity contribution in [3.8, 4) is 0 Å². The second-order valence-corrected chi connectivity index (χ2v) is 8.81. The number of fused-ring (bicyclic) bond motifs is 1. The molecule has 2 N–H and O–H groups in total. The van der Waals surface area contributed by atoms with Gasteiger partial charge in [0.2, 0.25) is 5.91 Å². The van der Waals surface area contributed by atoms with Crippen molar-refractivity contribution in [2.75, 3.05) is 11.5 Å². The molecule has 0 aliphatic carbocycles. The molecule has 0 heterocycles. The summed E-state index contributed by atoms with van der Waals surface area (Å²) in [6.07, 6.45) is 1.89. The van der Waals surface area contributed by atoms with Crippen LogP contribution in [-0.4, -0.2) is 36.9 Å². The molecule has 7 heteroatoms. The van der Waals surface area contributed by atoms with Gasteiger partial charge >= 0.3 is 5.97 Å². The number of carboxylic acid groups (broad SMARTS) is 1. The van der Waals surface area contributed by atoms with Crippen LogP contribution in [0.1, 0.15) is 44.2 Å². The van der Waals surface area contributed by atoms with Gasteiger partial charge in [-0.1, -0.05) is 56.2 Å². The molecule has 0 saturated heterocycles. The molecule has 2 aromatic rings. The Bertz CT molecular complexity index is 907. The summed E-state index contributed by atoms with van der Waals surface area (Å²) in [4.78, 5) is 23.5. The minimum Gasteiger partial charge on any atom is -0.481 e. The minimum absolute atomic E-state index is 0.0339. The summed E-state index contributed by atoms with van der Waals surface area (Å²) in [6, 6.07) is 12.3. The van der Waals surface area contributed by atoms with Gasteiger partial charge in [-0.15, -0.1) is 0 Å². The van der Waals surface area contributed by atoms with Crippen LogP contribution in [0.15, 0.2) is 42.5 Å². The number of benzene rings is 2. The number of sulfone groups is 1. The standard InChI is InChI=1S/C20H25NO5S/c1-2-3-6-11-27(25,26)14-19(22)21-18(13-20(23)24)17-10-9-15-7-4-5-8-16(15)12-17/h4-5,7-10,12,18H,2-3,6,11,13-14H2,1H3,(H,21,22)(H,23,24)/t18-/m0/s1. The number of carbonyl (C=O) groups excluding carboxylic acids is 1. The molecule has 0 aliphatic rings. The maximum atomic E-state index is 12.2. The Morgan fingerprint density at radius 1 is 1.07 bits per heavy atom. The van der Waals surface area contributed by atoms with Gasteiger partial charge in [-0.25, -0.2) is 8.42 Å². The minimum atomic E-state index is -3.50. The molecule has 2 aromatic carbocycles. The maximum absolute atomic E-state index is 12.2. The molecule has 0 aliphatic heterocycles. The normalized spacial score (nSPS) is 12.6. The highest BCUT2D eigenvalue weighted by molar-refractivity contribution is 7.92. The van der Waals surface area contributed by atoms with E-state index in [9.17, 15) is 23.1 Å². The van der Waals surface area contributed by atoms with Crippen molar-refractivity contribution in [3.63, 3.8) is 0 Å². The van der Waals surface area contributed by atoms with E-state index in [1.807, 2.05) is 43.3 Å². The van der Waals surface area contributed by atoms with Crippen LogP contribution in [0.4, 0.5) is 0 Å². The monoisotopic (exact) mass is 391 g/mol. The van der Waals surface area contributed by atoms with Crippen LogP contribution >= 0.6 is 0 Å². The zero-order chi connectivity index (χ0) is 19.9. The van der Waals surface area contributed by atoms with Gasteiger partial charge in [-0.3, -0.25) is 9.59 Å². The van der Waals surface area contributed by atoms with Crippen molar-refractivity contribution in [1.82, 2.24) is 5.32 Å². The topological polar surface area (TPSA) is 101 Å². The van der Waals surface area contributed by atoms with E-state index in [0.717, 1.165) is 23.6 Å². The first-order chi connectivity index (χ1) is 12.8. The molecule has 146 valence electrons. The van der Waals surface area contributed by atoms with E-state index in [2.05, 4.69) is 5.32 Å². The first-order valence-corrected chi connectivity index (χ1v) is 10.8. The van der Waals surface area contributed by atoms with Crippen LogP contribution in [0.25, 0.3) is 10.8 Å². The van der Waals surface area contributed by atoms with Gasteiger partial charge < -0.3 is 10.4 Å². The molecular formula is C20H25NO5S. The third kappa shape index (κ3) is 6.67. The van der Waals surface area contributed by atoms with E-state index in [0.29, 0.717) is 12.0 Å². The van der Waals surface area contributed by atoms with Gasteiger partial charge in [0.15, 0.2) is 9.84 Å². The van der Waals surface area contributed by atoms with Crippen molar-refractivity contribution in [3.05, 3.63) is 48.0 Å². The summed E-state index contributed by atoms with van der Waals surface area (Å²) < 4.78 is 24.1. The molecule has 0 fully saturated rings. The van der Waals surface area contributed by atoms with Crippen LogP contribution in [0.3, 0.4) is 0 Å². The lowest BCUT2D eigenvalue weighted by atomic mass is 9.99. The number of unbranched alkanes of at least 4 members (excludes halogenated alkanes) is 2. The van der Waals surface area contributed by atoms with Gasteiger partial charge in [0.05, 0.1) is 18.2 Å². The van der Waals surface area contributed by atoms with Gasteiger partial charge in [0.1, 0.15) is 5.75 Å². The van der Waals surface area contributed by atoms with Crippen LogP contribution in [-0.2, 0) is 19.4 Å². The number of carboxylic acids is 1. The Kier molecular flexibility index (Phi) is 7.36. The van der Waals surface area contributed by atoms with Gasteiger partial charge in [0, 0.05) is 0 Å². The summed E-state index contributed by atoms with van der Waals surface area (Å²) in [5.74, 6) is -2.40. The lowest BCUT2D eigenvalue weighted by Crippen LogP contribution is -2.35. The Labute approximate surface area is 159 Å². The quantitative estimate of drug-likeness (QED) is 0.606. The van der Waals surface area contributed by atoms with E-state index in [-0.39, 0.29) is 12.2 Å². The molecule has 1 amide bonds. The van der Waals surface area contributed by atoms with E-state index < -0.39 is 33.5 Å². The summed E-state index contributed by atoms with van der Waals surface area (Å²) in [5.41, 5.74) is 0.632. The molecule has 0 saturated carbocycles. The number of nitrogens with one attached hydrogen (secondary N) is 1. The summed E-state index contributed by atoms with van der Waals surface area (Å²) in [5, 5.41) is 13.7. The molecule has 2 rings (SSSR count). The van der Waals surface area contributed by atoms with Crippen molar-refractivity contribution >= 4 is 32.5 Å². The molecule has 1 atom stereocenters.